The number of nitrogens with one attached hydrogen (secondary N) is 1. The maximum atomic E-state index is 5.34. The van der Waals surface area contributed by atoms with Crippen molar-refractivity contribution in [3.63, 3.8) is 0 Å². The van der Waals surface area contributed by atoms with Gasteiger partial charge >= 0.3 is 0 Å². The summed E-state index contributed by atoms with van der Waals surface area (Å²) in [5, 5.41) is 3.39. The van der Waals surface area contributed by atoms with Crippen molar-refractivity contribution in [2.75, 3.05) is 20.8 Å². The van der Waals surface area contributed by atoms with E-state index in [2.05, 4.69) is 19.2 Å². The summed E-state index contributed by atoms with van der Waals surface area (Å²) in [4.78, 5) is 0. The largest absolute Gasteiger partial charge is 0.497 e. The number of hydrogen-bond donors (Lipinski definition) is 1. The minimum absolute atomic E-state index is 0.436. The Hall–Kier alpha value is -1.22. The molecule has 0 saturated carbocycles. The lowest BCUT2D eigenvalue weighted by molar-refractivity contribution is 0.396. The van der Waals surface area contributed by atoms with Gasteiger partial charge in [-0.1, -0.05) is 6.92 Å². The van der Waals surface area contributed by atoms with E-state index in [-0.39, 0.29) is 0 Å². The minimum Gasteiger partial charge on any atom is -0.497 e. The first kappa shape index (κ1) is 12.8. The van der Waals surface area contributed by atoms with Crippen LogP contribution < -0.4 is 14.8 Å². The quantitative estimate of drug-likeness (QED) is 0.802. The molecule has 0 aliphatic heterocycles. The molecule has 1 unspecified atom stereocenters. The second kappa shape index (κ2) is 6.38. The molecule has 0 amide bonds. The fourth-order valence-corrected chi connectivity index (χ4v) is 1.79. The fourth-order valence-electron chi connectivity index (χ4n) is 1.79. The second-order valence-electron chi connectivity index (χ2n) is 3.84. The number of methoxy groups -OCH3 is 2. The van der Waals surface area contributed by atoms with Gasteiger partial charge in [-0.2, -0.15) is 0 Å². The predicted molar refractivity (Wildman–Crippen MR) is 66.4 cm³/mol. The fraction of sp³-hybridized carbons (Fsp3) is 0.538. The van der Waals surface area contributed by atoms with Gasteiger partial charge in [-0.3, -0.25) is 0 Å². The van der Waals surface area contributed by atoms with E-state index in [1.54, 1.807) is 14.2 Å². The highest BCUT2D eigenvalue weighted by Crippen LogP contribution is 2.24. The van der Waals surface area contributed by atoms with Crippen LogP contribution in [0.3, 0.4) is 0 Å². The molecular weight excluding hydrogens is 202 g/mol. The van der Waals surface area contributed by atoms with Gasteiger partial charge in [0.1, 0.15) is 11.5 Å². The van der Waals surface area contributed by atoms with Crippen LogP contribution in [-0.2, 0) is 6.42 Å². The first-order valence-electron chi connectivity index (χ1n) is 5.65. The molecule has 0 bridgehead atoms. The van der Waals surface area contributed by atoms with Crippen molar-refractivity contribution >= 4 is 0 Å². The number of benzene rings is 1. The van der Waals surface area contributed by atoms with Gasteiger partial charge in [-0.15, -0.1) is 0 Å². The van der Waals surface area contributed by atoms with E-state index in [4.69, 9.17) is 9.47 Å². The Balaban J connectivity index is 2.82. The lowest BCUT2D eigenvalue weighted by Crippen LogP contribution is -2.27. The van der Waals surface area contributed by atoms with E-state index in [1.807, 2.05) is 18.2 Å². The molecule has 0 heterocycles. The Kier molecular flexibility index (Phi) is 5.12. The molecule has 0 spiro atoms. The molecule has 0 aromatic heterocycles. The molecule has 0 fully saturated rings. The van der Waals surface area contributed by atoms with Crippen LogP contribution in [0.1, 0.15) is 19.4 Å². The molecule has 1 rings (SSSR count). The average Bonchev–Trinajstić information content (AvgIpc) is 2.29. The summed E-state index contributed by atoms with van der Waals surface area (Å²) >= 11 is 0. The zero-order valence-corrected chi connectivity index (χ0v) is 10.5. The molecule has 3 nitrogen and oxygen atoms in total. The Morgan fingerprint density at radius 3 is 2.56 bits per heavy atom. The van der Waals surface area contributed by atoms with Gasteiger partial charge in [-0.25, -0.2) is 0 Å². The summed E-state index contributed by atoms with van der Waals surface area (Å²) in [5.74, 6) is 1.80. The summed E-state index contributed by atoms with van der Waals surface area (Å²) in [5.41, 5.74) is 1.18. The molecule has 90 valence electrons. The molecule has 1 N–H and O–H groups in total. The summed E-state index contributed by atoms with van der Waals surface area (Å²) in [6.07, 6.45) is 0.939. The number of ether oxygens (including phenoxy) is 2. The Morgan fingerprint density at radius 1 is 1.25 bits per heavy atom. The molecule has 0 aliphatic rings. The second-order valence-corrected chi connectivity index (χ2v) is 3.84. The van der Waals surface area contributed by atoms with Crippen molar-refractivity contribution in [1.82, 2.24) is 5.32 Å². The maximum absolute atomic E-state index is 5.34. The maximum Gasteiger partial charge on any atom is 0.122 e. The minimum atomic E-state index is 0.436. The summed E-state index contributed by atoms with van der Waals surface area (Å²) in [6.45, 7) is 5.26. The van der Waals surface area contributed by atoms with Gasteiger partial charge < -0.3 is 14.8 Å². The Bertz CT molecular complexity index is 326. The SMILES string of the molecule is CCNC(C)Cc1cc(OC)ccc1OC. The normalized spacial score (nSPS) is 12.2. The van der Waals surface area contributed by atoms with E-state index >= 15 is 0 Å². The van der Waals surface area contributed by atoms with Crippen molar-refractivity contribution < 1.29 is 9.47 Å². The van der Waals surface area contributed by atoms with Crippen LogP contribution in [0.4, 0.5) is 0 Å². The Morgan fingerprint density at radius 2 is 2.00 bits per heavy atom. The topological polar surface area (TPSA) is 30.5 Å². The zero-order chi connectivity index (χ0) is 12.0. The molecule has 0 radical (unpaired) electrons. The number of hydrogen-bond acceptors (Lipinski definition) is 3. The van der Waals surface area contributed by atoms with Gasteiger partial charge in [0, 0.05) is 6.04 Å². The molecule has 1 atom stereocenters. The summed E-state index contributed by atoms with van der Waals surface area (Å²) in [7, 11) is 3.38. The van der Waals surface area contributed by atoms with Crippen molar-refractivity contribution in [3.8, 4) is 11.5 Å². The highest BCUT2D eigenvalue weighted by Gasteiger charge is 2.08. The van der Waals surface area contributed by atoms with E-state index in [0.717, 1.165) is 24.5 Å². The first-order chi connectivity index (χ1) is 7.71. The van der Waals surface area contributed by atoms with Crippen LogP contribution in [0.25, 0.3) is 0 Å². The third-order valence-electron chi connectivity index (χ3n) is 2.57. The van der Waals surface area contributed by atoms with E-state index < -0.39 is 0 Å². The van der Waals surface area contributed by atoms with E-state index in [0.29, 0.717) is 6.04 Å². The van der Waals surface area contributed by atoms with Crippen molar-refractivity contribution in [3.05, 3.63) is 23.8 Å². The first-order valence-corrected chi connectivity index (χ1v) is 5.65. The molecule has 3 heteroatoms. The molecule has 1 aromatic rings. The van der Waals surface area contributed by atoms with Crippen LogP contribution in [0.5, 0.6) is 11.5 Å². The lowest BCUT2D eigenvalue weighted by atomic mass is 10.1. The van der Waals surface area contributed by atoms with Crippen molar-refractivity contribution in [2.24, 2.45) is 0 Å². The van der Waals surface area contributed by atoms with Crippen LogP contribution in [-0.4, -0.2) is 26.8 Å². The smallest absolute Gasteiger partial charge is 0.122 e. The molecule has 0 aliphatic carbocycles. The third kappa shape index (κ3) is 3.42. The van der Waals surface area contributed by atoms with E-state index in [9.17, 15) is 0 Å². The van der Waals surface area contributed by atoms with Gasteiger partial charge in [0.25, 0.3) is 0 Å². The zero-order valence-electron chi connectivity index (χ0n) is 10.5. The number of likely N-dealkylation sites (N-methyl/N-ethyl adjacent to an activating group) is 1. The van der Waals surface area contributed by atoms with Gasteiger partial charge in [0.2, 0.25) is 0 Å². The van der Waals surface area contributed by atoms with Gasteiger partial charge in [-0.05, 0) is 43.7 Å². The lowest BCUT2D eigenvalue weighted by Gasteiger charge is -2.15. The molecule has 16 heavy (non-hydrogen) atoms. The van der Waals surface area contributed by atoms with Crippen molar-refractivity contribution in [2.45, 2.75) is 26.3 Å². The standard InChI is InChI=1S/C13H21NO2/c1-5-14-10(2)8-11-9-12(15-3)6-7-13(11)16-4/h6-7,9-10,14H,5,8H2,1-4H3. The van der Waals surface area contributed by atoms with Crippen LogP contribution in [0.2, 0.25) is 0 Å². The monoisotopic (exact) mass is 223 g/mol. The summed E-state index contributed by atoms with van der Waals surface area (Å²) in [6, 6.07) is 6.34. The number of rotatable bonds is 6. The van der Waals surface area contributed by atoms with E-state index in [1.165, 1.54) is 5.56 Å². The van der Waals surface area contributed by atoms with Crippen molar-refractivity contribution in [1.29, 1.82) is 0 Å². The molecule has 1 aromatic carbocycles. The van der Waals surface area contributed by atoms with Gasteiger partial charge in [0.05, 0.1) is 14.2 Å². The Labute approximate surface area is 97.8 Å². The van der Waals surface area contributed by atoms with Crippen LogP contribution in [0.15, 0.2) is 18.2 Å². The average molecular weight is 223 g/mol. The highest BCUT2D eigenvalue weighted by molar-refractivity contribution is 5.40. The predicted octanol–water partition coefficient (Wildman–Crippen LogP) is 2.24. The van der Waals surface area contributed by atoms with Crippen LogP contribution >= 0.6 is 0 Å². The van der Waals surface area contributed by atoms with Gasteiger partial charge in [0.15, 0.2) is 0 Å². The highest BCUT2D eigenvalue weighted by atomic mass is 16.5. The third-order valence-corrected chi connectivity index (χ3v) is 2.57. The summed E-state index contributed by atoms with van der Waals surface area (Å²) < 4.78 is 10.6. The molecule has 0 saturated heterocycles. The van der Waals surface area contributed by atoms with Crippen LogP contribution in [0, 0.1) is 0 Å². The molecular formula is C13H21NO2.